The van der Waals surface area contributed by atoms with Crippen molar-refractivity contribution >= 4 is 28.4 Å². The first-order valence-electron chi connectivity index (χ1n) is 10.1. The van der Waals surface area contributed by atoms with Crippen LogP contribution in [0.25, 0.3) is 16.6 Å². The van der Waals surface area contributed by atoms with E-state index in [0.29, 0.717) is 22.2 Å². The van der Waals surface area contributed by atoms with Gasteiger partial charge in [-0.15, -0.1) is 11.8 Å². The van der Waals surface area contributed by atoms with E-state index in [0.717, 1.165) is 22.8 Å². The van der Waals surface area contributed by atoms with Gasteiger partial charge in [-0.25, -0.2) is 4.98 Å². The number of carbonyl (C=O) groups excluding carboxylic acids is 1. The average molecular weight is 428 g/mol. The van der Waals surface area contributed by atoms with Crippen LogP contribution < -0.4 is 5.56 Å². The summed E-state index contributed by atoms with van der Waals surface area (Å²) in [5.74, 6) is 0.809. The van der Waals surface area contributed by atoms with E-state index in [1.807, 2.05) is 73.6 Å². The van der Waals surface area contributed by atoms with E-state index in [1.54, 1.807) is 11.8 Å². The molecule has 0 saturated carbocycles. The monoisotopic (exact) mass is 427 g/mol. The minimum Gasteiger partial charge on any atom is -0.305 e. The molecule has 2 heterocycles. The van der Waals surface area contributed by atoms with Crippen molar-refractivity contribution in [2.45, 2.75) is 17.2 Å². The van der Waals surface area contributed by atoms with Crippen LogP contribution in [0.4, 0.5) is 0 Å². The molecule has 5 rings (SSSR count). The van der Waals surface area contributed by atoms with Gasteiger partial charge in [0.15, 0.2) is 5.82 Å². The molecule has 1 aliphatic rings. The second-order valence-electron chi connectivity index (χ2n) is 7.95. The molecule has 0 atom stereocenters. The molecule has 0 aliphatic carbocycles. The van der Waals surface area contributed by atoms with Crippen LogP contribution in [-0.4, -0.2) is 34.3 Å². The van der Waals surface area contributed by atoms with E-state index in [4.69, 9.17) is 0 Å². The van der Waals surface area contributed by atoms with Crippen LogP contribution >= 0.6 is 11.8 Å². The Labute approximate surface area is 184 Å². The Morgan fingerprint density at radius 3 is 2.52 bits per heavy atom. The van der Waals surface area contributed by atoms with Crippen molar-refractivity contribution in [1.29, 1.82) is 0 Å². The van der Waals surface area contributed by atoms with Crippen molar-refractivity contribution in [2.75, 3.05) is 14.1 Å². The standard InChI is InChI=1S/C25H21N3O2S/c1-27(2)14-17-8-10-21-19(12-17)25(30)28-22-11-9-18(13-20(22)23(29)24(28)26-21)31-15-16-6-4-3-5-7-16/h3-13H,14-15H2,1-2H3. The van der Waals surface area contributed by atoms with Gasteiger partial charge in [0.1, 0.15) is 0 Å². The summed E-state index contributed by atoms with van der Waals surface area (Å²) in [5, 5.41) is 0.534. The number of benzene rings is 3. The summed E-state index contributed by atoms with van der Waals surface area (Å²) in [7, 11) is 3.97. The van der Waals surface area contributed by atoms with E-state index in [9.17, 15) is 9.59 Å². The van der Waals surface area contributed by atoms with E-state index in [2.05, 4.69) is 17.1 Å². The highest BCUT2D eigenvalue weighted by molar-refractivity contribution is 7.98. The number of carbonyl (C=O) groups is 1. The summed E-state index contributed by atoms with van der Waals surface area (Å²) in [4.78, 5) is 34.0. The largest absolute Gasteiger partial charge is 0.305 e. The number of fused-ring (bicyclic) bond motifs is 4. The summed E-state index contributed by atoms with van der Waals surface area (Å²) in [5.41, 5.74) is 3.76. The molecule has 0 unspecified atom stereocenters. The van der Waals surface area contributed by atoms with Gasteiger partial charge in [-0.2, -0.15) is 0 Å². The van der Waals surface area contributed by atoms with Crippen LogP contribution in [0.15, 0.2) is 76.4 Å². The average Bonchev–Trinajstić information content (AvgIpc) is 3.05. The van der Waals surface area contributed by atoms with Gasteiger partial charge in [0.05, 0.1) is 22.2 Å². The highest BCUT2D eigenvalue weighted by atomic mass is 32.2. The molecule has 0 fully saturated rings. The van der Waals surface area contributed by atoms with Crippen molar-refractivity contribution in [3.05, 3.63) is 99.6 Å². The second-order valence-corrected chi connectivity index (χ2v) is 9.00. The SMILES string of the molecule is CN(C)Cc1ccc2nc3n(c(=O)c2c1)-c1ccc(SCc2ccccc2)cc1C3=O. The molecule has 1 aromatic heterocycles. The lowest BCUT2D eigenvalue weighted by Gasteiger charge is -2.11. The Balaban J connectivity index is 1.54. The van der Waals surface area contributed by atoms with Crippen LogP contribution in [0.1, 0.15) is 27.3 Å². The third-order valence-corrected chi connectivity index (χ3v) is 6.40. The number of aromatic nitrogens is 2. The van der Waals surface area contributed by atoms with Crippen molar-refractivity contribution < 1.29 is 4.79 Å². The van der Waals surface area contributed by atoms with Gasteiger partial charge in [0, 0.05) is 17.2 Å². The van der Waals surface area contributed by atoms with E-state index in [1.165, 1.54) is 10.1 Å². The van der Waals surface area contributed by atoms with Crippen LogP contribution in [0, 0.1) is 0 Å². The molecule has 0 radical (unpaired) electrons. The zero-order chi connectivity index (χ0) is 21.5. The molecular formula is C25H21N3O2S. The minimum absolute atomic E-state index is 0.193. The number of rotatable bonds is 5. The molecule has 0 saturated heterocycles. The second kappa shape index (κ2) is 7.80. The van der Waals surface area contributed by atoms with E-state index in [-0.39, 0.29) is 17.2 Å². The minimum atomic E-state index is -0.200. The molecule has 0 N–H and O–H groups in total. The normalized spacial score (nSPS) is 12.4. The lowest BCUT2D eigenvalue weighted by atomic mass is 10.1. The van der Waals surface area contributed by atoms with Crippen molar-refractivity contribution in [2.24, 2.45) is 0 Å². The van der Waals surface area contributed by atoms with Crippen molar-refractivity contribution in [3.63, 3.8) is 0 Å². The number of nitrogens with zero attached hydrogens (tertiary/aromatic N) is 3. The number of hydrogen-bond acceptors (Lipinski definition) is 5. The third kappa shape index (κ3) is 3.58. The summed E-state index contributed by atoms with van der Waals surface area (Å²) in [6.45, 7) is 0.731. The third-order valence-electron chi connectivity index (χ3n) is 5.34. The van der Waals surface area contributed by atoms with E-state index >= 15 is 0 Å². The molecular weight excluding hydrogens is 406 g/mol. The molecule has 31 heavy (non-hydrogen) atoms. The fourth-order valence-corrected chi connectivity index (χ4v) is 4.81. The van der Waals surface area contributed by atoms with Gasteiger partial charge in [0.2, 0.25) is 5.78 Å². The van der Waals surface area contributed by atoms with Crippen LogP contribution in [0.3, 0.4) is 0 Å². The molecule has 0 amide bonds. The molecule has 5 nitrogen and oxygen atoms in total. The molecule has 4 aromatic rings. The van der Waals surface area contributed by atoms with Gasteiger partial charge < -0.3 is 4.90 Å². The zero-order valence-corrected chi connectivity index (χ0v) is 18.1. The number of hydrogen-bond donors (Lipinski definition) is 0. The first kappa shape index (κ1) is 19.7. The lowest BCUT2D eigenvalue weighted by molar-refractivity contribution is 0.103. The van der Waals surface area contributed by atoms with Gasteiger partial charge in [-0.05, 0) is 55.6 Å². The maximum absolute atomic E-state index is 13.3. The maximum atomic E-state index is 13.3. The molecule has 0 bridgehead atoms. The Kier molecular flexibility index (Phi) is 4.96. The van der Waals surface area contributed by atoms with Gasteiger partial charge >= 0.3 is 0 Å². The summed E-state index contributed by atoms with van der Waals surface area (Å²) in [6.07, 6.45) is 0. The highest BCUT2D eigenvalue weighted by Gasteiger charge is 2.30. The molecule has 154 valence electrons. The number of ketones is 1. The van der Waals surface area contributed by atoms with Gasteiger partial charge in [0.25, 0.3) is 5.56 Å². The summed E-state index contributed by atoms with van der Waals surface area (Å²) >= 11 is 1.67. The predicted octanol–water partition coefficient (Wildman–Crippen LogP) is 4.28. The Bertz CT molecular complexity index is 1380. The fourth-order valence-electron chi connectivity index (χ4n) is 3.92. The van der Waals surface area contributed by atoms with Crippen LogP contribution in [0.2, 0.25) is 0 Å². The molecule has 3 aromatic carbocycles. The molecule has 1 aliphatic heterocycles. The van der Waals surface area contributed by atoms with Crippen LogP contribution in [-0.2, 0) is 12.3 Å². The van der Waals surface area contributed by atoms with Gasteiger partial charge in [-0.3, -0.25) is 14.2 Å². The van der Waals surface area contributed by atoms with Crippen LogP contribution in [0.5, 0.6) is 0 Å². The quantitative estimate of drug-likeness (QED) is 0.392. The topological polar surface area (TPSA) is 55.2 Å². The first-order valence-corrected chi connectivity index (χ1v) is 11.1. The van der Waals surface area contributed by atoms with Gasteiger partial charge in [-0.1, -0.05) is 36.4 Å². The zero-order valence-electron chi connectivity index (χ0n) is 17.3. The first-order chi connectivity index (χ1) is 15.0. The Morgan fingerprint density at radius 2 is 1.74 bits per heavy atom. The smallest absolute Gasteiger partial charge is 0.266 e. The predicted molar refractivity (Wildman–Crippen MR) is 124 cm³/mol. The fraction of sp³-hybridized carbons (Fsp3) is 0.160. The Morgan fingerprint density at radius 1 is 0.935 bits per heavy atom. The molecule has 6 heteroatoms. The maximum Gasteiger partial charge on any atom is 0.266 e. The van der Waals surface area contributed by atoms with Crippen molar-refractivity contribution in [3.8, 4) is 5.69 Å². The van der Waals surface area contributed by atoms with E-state index < -0.39 is 0 Å². The summed E-state index contributed by atoms with van der Waals surface area (Å²) < 4.78 is 1.46. The number of thioether (sulfide) groups is 1. The summed E-state index contributed by atoms with van der Waals surface area (Å²) in [6, 6.07) is 21.6. The Hall–Kier alpha value is -3.22. The van der Waals surface area contributed by atoms with Crippen molar-refractivity contribution in [1.82, 2.24) is 14.5 Å². The highest BCUT2D eigenvalue weighted by Crippen LogP contribution is 2.31. The lowest BCUT2D eigenvalue weighted by Crippen LogP contribution is -2.22. The molecule has 0 spiro atoms.